The van der Waals surface area contributed by atoms with Crippen molar-refractivity contribution in [2.75, 3.05) is 32.7 Å². The topological polar surface area (TPSA) is 15.7 Å². The molecule has 0 bridgehead atoms. The molecule has 1 aliphatic rings. The van der Waals surface area contributed by atoms with Gasteiger partial charge in [0.2, 0.25) is 0 Å². The third-order valence-corrected chi connectivity index (χ3v) is 4.83. The number of hydrogen-bond acceptors (Lipinski definition) is 3. The minimum atomic E-state index is 0.285. The van der Waals surface area contributed by atoms with Gasteiger partial charge in [-0.3, -0.25) is 9.80 Å². The standard InChI is InChI=1S/C22H30N2O/c1-2-9-22(25-21-12-7-4-8-13-21)19-24-16-14-23(15-17-24)18-20-10-5-3-6-11-20/h3-8,10-13,22H,2,9,14-19H2,1H3. The molecule has 0 radical (unpaired) electrons. The normalized spacial score (nSPS) is 17.3. The van der Waals surface area contributed by atoms with E-state index >= 15 is 0 Å². The minimum absolute atomic E-state index is 0.285. The van der Waals surface area contributed by atoms with E-state index in [1.54, 1.807) is 0 Å². The summed E-state index contributed by atoms with van der Waals surface area (Å²) in [6.07, 6.45) is 2.55. The van der Waals surface area contributed by atoms with Crippen molar-refractivity contribution in [2.24, 2.45) is 0 Å². The fourth-order valence-corrected chi connectivity index (χ4v) is 3.46. The molecule has 0 amide bonds. The molecule has 3 heteroatoms. The average Bonchev–Trinajstić information content (AvgIpc) is 2.65. The lowest BCUT2D eigenvalue weighted by Gasteiger charge is -2.36. The van der Waals surface area contributed by atoms with Gasteiger partial charge in [-0.1, -0.05) is 61.9 Å². The smallest absolute Gasteiger partial charge is 0.119 e. The zero-order valence-corrected chi connectivity index (χ0v) is 15.3. The summed E-state index contributed by atoms with van der Waals surface area (Å²) in [6, 6.07) is 21.0. The highest BCUT2D eigenvalue weighted by atomic mass is 16.5. The summed E-state index contributed by atoms with van der Waals surface area (Å²) >= 11 is 0. The van der Waals surface area contributed by atoms with Gasteiger partial charge in [-0.25, -0.2) is 0 Å². The summed E-state index contributed by atoms with van der Waals surface area (Å²) in [5.41, 5.74) is 1.41. The highest BCUT2D eigenvalue weighted by Gasteiger charge is 2.20. The summed E-state index contributed by atoms with van der Waals surface area (Å²) in [4.78, 5) is 5.11. The highest BCUT2D eigenvalue weighted by molar-refractivity contribution is 5.21. The Hall–Kier alpha value is -1.84. The summed E-state index contributed by atoms with van der Waals surface area (Å²) in [5, 5.41) is 0. The maximum absolute atomic E-state index is 6.22. The molecule has 0 aliphatic carbocycles. The number of para-hydroxylation sites is 1. The second-order valence-corrected chi connectivity index (χ2v) is 6.90. The molecule has 25 heavy (non-hydrogen) atoms. The average molecular weight is 338 g/mol. The first-order chi connectivity index (χ1) is 12.3. The Labute approximate surface area is 152 Å². The number of piperazine rings is 1. The van der Waals surface area contributed by atoms with Crippen LogP contribution in [0.15, 0.2) is 60.7 Å². The van der Waals surface area contributed by atoms with E-state index in [1.807, 2.05) is 18.2 Å². The Kier molecular flexibility index (Phi) is 6.89. The number of nitrogens with zero attached hydrogens (tertiary/aromatic N) is 2. The van der Waals surface area contributed by atoms with Crippen molar-refractivity contribution >= 4 is 0 Å². The second kappa shape index (κ2) is 9.59. The molecule has 2 aromatic rings. The molecule has 3 nitrogen and oxygen atoms in total. The van der Waals surface area contributed by atoms with Crippen LogP contribution in [0.5, 0.6) is 5.75 Å². The SMILES string of the molecule is CCCC(CN1CCN(Cc2ccccc2)CC1)Oc1ccccc1. The fourth-order valence-electron chi connectivity index (χ4n) is 3.46. The minimum Gasteiger partial charge on any atom is -0.489 e. The van der Waals surface area contributed by atoms with E-state index in [2.05, 4.69) is 59.2 Å². The molecule has 1 aliphatic heterocycles. The second-order valence-electron chi connectivity index (χ2n) is 6.90. The molecule has 2 aromatic carbocycles. The Bertz CT molecular complexity index is 594. The van der Waals surface area contributed by atoms with Gasteiger partial charge >= 0.3 is 0 Å². The van der Waals surface area contributed by atoms with E-state index in [0.29, 0.717) is 0 Å². The molecule has 0 saturated carbocycles. The van der Waals surface area contributed by atoms with Crippen molar-refractivity contribution in [3.05, 3.63) is 66.2 Å². The summed E-state index contributed by atoms with van der Waals surface area (Å²) in [7, 11) is 0. The molecular weight excluding hydrogens is 308 g/mol. The van der Waals surface area contributed by atoms with Crippen LogP contribution in [0.3, 0.4) is 0 Å². The quantitative estimate of drug-likeness (QED) is 0.722. The largest absolute Gasteiger partial charge is 0.489 e. The summed E-state index contributed by atoms with van der Waals surface area (Å²) < 4.78 is 6.22. The fraction of sp³-hybridized carbons (Fsp3) is 0.455. The molecule has 0 aromatic heterocycles. The van der Waals surface area contributed by atoms with E-state index in [-0.39, 0.29) is 6.10 Å². The number of rotatable bonds is 8. The van der Waals surface area contributed by atoms with Crippen LogP contribution in [-0.2, 0) is 6.54 Å². The molecular formula is C22H30N2O. The highest BCUT2D eigenvalue weighted by Crippen LogP contribution is 2.16. The van der Waals surface area contributed by atoms with Gasteiger partial charge in [-0.2, -0.15) is 0 Å². The van der Waals surface area contributed by atoms with Crippen molar-refractivity contribution in [1.29, 1.82) is 0 Å². The number of hydrogen-bond donors (Lipinski definition) is 0. The molecule has 1 saturated heterocycles. The van der Waals surface area contributed by atoms with Crippen LogP contribution in [0.1, 0.15) is 25.3 Å². The zero-order valence-electron chi connectivity index (χ0n) is 15.3. The zero-order chi connectivity index (χ0) is 17.3. The van der Waals surface area contributed by atoms with Crippen molar-refractivity contribution < 1.29 is 4.74 Å². The Morgan fingerprint density at radius 2 is 1.44 bits per heavy atom. The maximum Gasteiger partial charge on any atom is 0.119 e. The molecule has 134 valence electrons. The number of benzene rings is 2. The molecule has 3 rings (SSSR count). The van der Waals surface area contributed by atoms with Crippen LogP contribution in [0.2, 0.25) is 0 Å². The third-order valence-electron chi connectivity index (χ3n) is 4.83. The molecule has 1 unspecified atom stereocenters. The van der Waals surface area contributed by atoms with Gasteiger partial charge in [-0.05, 0) is 24.1 Å². The first-order valence-corrected chi connectivity index (χ1v) is 9.54. The molecule has 0 spiro atoms. The van der Waals surface area contributed by atoms with Gasteiger partial charge < -0.3 is 4.74 Å². The van der Waals surface area contributed by atoms with E-state index in [0.717, 1.165) is 57.9 Å². The number of ether oxygens (including phenoxy) is 1. The van der Waals surface area contributed by atoms with Crippen LogP contribution in [0, 0.1) is 0 Å². The van der Waals surface area contributed by atoms with E-state index in [9.17, 15) is 0 Å². The van der Waals surface area contributed by atoms with Gasteiger partial charge in [0, 0.05) is 39.3 Å². The Balaban J connectivity index is 1.46. The van der Waals surface area contributed by atoms with Crippen LogP contribution < -0.4 is 4.74 Å². The first kappa shape index (κ1) is 18.0. The van der Waals surface area contributed by atoms with E-state index < -0.39 is 0 Å². The lowest BCUT2D eigenvalue weighted by molar-refractivity contribution is 0.0772. The third kappa shape index (κ3) is 5.87. The lowest BCUT2D eigenvalue weighted by Crippen LogP contribution is -2.48. The van der Waals surface area contributed by atoms with Gasteiger partial charge in [-0.15, -0.1) is 0 Å². The van der Waals surface area contributed by atoms with Crippen LogP contribution in [-0.4, -0.2) is 48.6 Å². The predicted molar refractivity (Wildman–Crippen MR) is 104 cm³/mol. The lowest BCUT2D eigenvalue weighted by atomic mass is 10.1. The van der Waals surface area contributed by atoms with Crippen molar-refractivity contribution in [3.63, 3.8) is 0 Å². The van der Waals surface area contributed by atoms with Gasteiger partial charge in [0.25, 0.3) is 0 Å². The summed E-state index contributed by atoms with van der Waals surface area (Å²) in [6.45, 7) is 8.86. The van der Waals surface area contributed by atoms with Crippen LogP contribution in [0.25, 0.3) is 0 Å². The monoisotopic (exact) mass is 338 g/mol. The van der Waals surface area contributed by atoms with Gasteiger partial charge in [0.1, 0.15) is 11.9 Å². The van der Waals surface area contributed by atoms with Gasteiger partial charge in [0.15, 0.2) is 0 Å². The van der Waals surface area contributed by atoms with E-state index in [1.165, 1.54) is 5.56 Å². The van der Waals surface area contributed by atoms with Crippen molar-refractivity contribution in [3.8, 4) is 5.75 Å². The molecule has 1 fully saturated rings. The van der Waals surface area contributed by atoms with Crippen molar-refractivity contribution in [2.45, 2.75) is 32.4 Å². The van der Waals surface area contributed by atoms with E-state index in [4.69, 9.17) is 4.74 Å². The predicted octanol–water partition coefficient (Wildman–Crippen LogP) is 4.05. The van der Waals surface area contributed by atoms with Crippen molar-refractivity contribution in [1.82, 2.24) is 9.80 Å². The molecule has 1 atom stereocenters. The van der Waals surface area contributed by atoms with Crippen LogP contribution in [0.4, 0.5) is 0 Å². The molecule has 0 N–H and O–H groups in total. The summed E-state index contributed by atoms with van der Waals surface area (Å²) in [5.74, 6) is 0.990. The Morgan fingerprint density at radius 3 is 2.08 bits per heavy atom. The van der Waals surface area contributed by atoms with Crippen LogP contribution >= 0.6 is 0 Å². The Morgan fingerprint density at radius 1 is 0.840 bits per heavy atom. The molecule has 1 heterocycles. The maximum atomic E-state index is 6.22. The van der Waals surface area contributed by atoms with Gasteiger partial charge in [0.05, 0.1) is 0 Å². The first-order valence-electron chi connectivity index (χ1n) is 9.54.